The van der Waals surface area contributed by atoms with Crippen LogP contribution in [0, 0.1) is 0 Å². The lowest BCUT2D eigenvalue weighted by molar-refractivity contribution is -0.140. The second-order valence-corrected chi connectivity index (χ2v) is 11.7. The van der Waals surface area contributed by atoms with Crippen molar-refractivity contribution >= 4 is 39.6 Å². The van der Waals surface area contributed by atoms with Gasteiger partial charge in [-0.3, -0.25) is 4.79 Å². The number of ether oxygens (including phenoxy) is 5. The lowest BCUT2D eigenvalue weighted by Crippen LogP contribution is -2.15. The summed E-state index contributed by atoms with van der Waals surface area (Å²) in [6, 6.07) is 26.9. The minimum Gasteiger partial charge on any atom is -0.494 e. The Kier molecular flexibility index (Phi) is 13.2. The molecule has 8 nitrogen and oxygen atoms in total. The van der Waals surface area contributed by atoms with Gasteiger partial charge in [-0.15, -0.1) is 0 Å². The molecule has 0 heterocycles. The van der Waals surface area contributed by atoms with Gasteiger partial charge in [0.05, 0.1) is 25.4 Å². The van der Waals surface area contributed by atoms with E-state index in [-0.39, 0.29) is 36.5 Å². The lowest BCUT2D eigenvalue weighted by atomic mass is 10.1. The Balaban J connectivity index is 1.23. The maximum absolute atomic E-state index is 13.1. The first-order chi connectivity index (χ1) is 22.7. The maximum atomic E-state index is 13.1. The molecule has 0 aliphatic rings. The number of carbonyl (C=O) groups excluding carboxylic acids is 3. The molecule has 0 aliphatic carbocycles. The first-order valence-electron chi connectivity index (χ1n) is 15.1. The molecule has 9 heteroatoms. The molecule has 0 aromatic heterocycles. The Bertz CT molecular complexity index is 1710. The van der Waals surface area contributed by atoms with Crippen LogP contribution < -0.4 is 9.47 Å². The molecule has 0 N–H and O–H groups in total. The molecule has 4 aromatic rings. The molecule has 0 amide bonds. The number of rotatable bonds is 17. The largest absolute Gasteiger partial charge is 0.494 e. The minimum atomic E-state index is -0.512. The van der Waals surface area contributed by atoms with Gasteiger partial charge in [-0.25, -0.2) is 9.59 Å². The molecule has 0 atom stereocenters. The predicted octanol–water partition coefficient (Wildman–Crippen LogP) is 7.84. The van der Waals surface area contributed by atoms with Crippen LogP contribution in [-0.2, 0) is 23.8 Å². The van der Waals surface area contributed by atoms with Gasteiger partial charge >= 0.3 is 11.9 Å². The third-order valence-electron chi connectivity index (χ3n) is 6.88. The van der Waals surface area contributed by atoms with Crippen LogP contribution in [-0.4, -0.2) is 57.2 Å². The number of unbranched alkanes of at least 4 members (excludes halogenated alkanes) is 1. The first kappa shape index (κ1) is 35.0. The molecule has 244 valence electrons. The van der Waals surface area contributed by atoms with Crippen LogP contribution in [0.1, 0.15) is 30.1 Å². The maximum Gasteiger partial charge on any atom is 0.335 e. The molecular weight excluding hydrogens is 616 g/mol. The molecule has 0 saturated carbocycles. The zero-order valence-electron chi connectivity index (χ0n) is 26.6. The summed E-state index contributed by atoms with van der Waals surface area (Å²) in [5.41, 5.74) is 3.32. The molecule has 0 aliphatic heterocycles. The molecule has 47 heavy (non-hydrogen) atoms. The van der Waals surface area contributed by atoms with Crippen molar-refractivity contribution in [3.05, 3.63) is 115 Å². The fourth-order valence-corrected chi connectivity index (χ4v) is 5.11. The van der Waals surface area contributed by atoms with Gasteiger partial charge in [0, 0.05) is 23.1 Å². The van der Waals surface area contributed by atoms with E-state index < -0.39 is 5.97 Å². The molecule has 4 aromatic carbocycles. The molecule has 0 radical (unpaired) electrons. The average Bonchev–Trinajstić information content (AvgIpc) is 3.08. The minimum absolute atomic E-state index is 0.0488. The SMILES string of the molecule is C=C(C)C(=O)OCCCCOc1ccc(-c2ccc(SC(=O)c3ccc4cc(OCCOC(=O)C(=C)COC)ccc4c3)cc2)cc1. The smallest absolute Gasteiger partial charge is 0.335 e. The molecule has 0 unspecified atom stereocenters. The fourth-order valence-electron chi connectivity index (χ4n) is 4.38. The van der Waals surface area contributed by atoms with Crippen molar-refractivity contribution in [3.8, 4) is 22.6 Å². The number of fused-ring (bicyclic) bond motifs is 1. The summed E-state index contributed by atoms with van der Waals surface area (Å²) in [5, 5.41) is 1.79. The zero-order valence-corrected chi connectivity index (χ0v) is 27.4. The Morgan fingerprint density at radius 1 is 0.660 bits per heavy atom. The number of hydrogen-bond acceptors (Lipinski definition) is 9. The quantitative estimate of drug-likeness (QED) is 0.0488. The van der Waals surface area contributed by atoms with Crippen molar-refractivity contribution in [2.45, 2.75) is 24.7 Å². The highest BCUT2D eigenvalue weighted by Gasteiger charge is 2.11. The number of benzene rings is 4. The van der Waals surface area contributed by atoms with Crippen LogP contribution in [0.5, 0.6) is 11.5 Å². The number of carbonyl (C=O) groups is 3. The van der Waals surface area contributed by atoms with E-state index in [9.17, 15) is 14.4 Å². The molecule has 0 spiro atoms. The van der Waals surface area contributed by atoms with Gasteiger partial charge in [0.15, 0.2) is 0 Å². The number of methoxy groups -OCH3 is 1. The van der Waals surface area contributed by atoms with E-state index in [1.807, 2.05) is 78.9 Å². The number of hydrogen-bond donors (Lipinski definition) is 0. The van der Waals surface area contributed by atoms with Gasteiger partial charge in [-0.2, -0.15) is 0 Å². The van der Waals surface area contributed by atoms with Crippen LogP contribution in [0.15, 0.2) is 114 Å². The van der Waals surface area contributed by atoms with Crippen molar-refractivity contribution in [1.29, 1.82) is 0 Å². The molecule has 4 rings (SSSR count). The summed E-state index contributed by atoms with van der Waals surface area (Å²) in [6.45, 7) is 10.1. The summed E-state index contributed by atoms with van der Waals surface area (Å²) in [5.74, 6) is 0.528. The summed E-state index contributed by atoms with van der Waals surface area (Å²) in [7, 11) is 1.48. The standard InChI is InChI=1S/C38H38O8S/c1-26(2)36(39)45-20-6-5-19-43-33-14-9-28(10-15-33)29-12-17-35(18-13-29)47-38(41)32-8-7-31-24-34(16-11-30(31)23-32)44-21-22-46-37(40)27(3)25-42-4/h7-18,23-24H,1,3,5-6,19-22,25H2,2,4H3. The Morgan fingerprint density at radius 2 is 1.26 bits per heavy atom. The molecular formula is C38H38O8S. The monoisotopic (exact) mass is 654 g/mol. The van der Waals surface area contributed by atoms with E-state index in [2.05, 4.69) is 13.2 Å². The van der Waals surface area contributed by atoms with E-state index in [1.165, 1.54) is 18.9 Å². The van der Waals surface area contributed by atoms with Gasteiger partial charge in [0.2, 0.25) is 5.12 Å². The highest BCUT2D eigenvalue weighted by Crippen LogP contribution is 2.29. The van der Waals surface area contributed by atoms with Crippen molar-refractivity contribution in [3.63, 3.8) is 0 Å². The van der Waals surface area contributed by atoms with Crippen LogP contribution in [0.25, 0.3) is 21.9 Å². The zero-order chi connectivity index (χ0) is 33.6. The predicted molar refractivity (Wildman–Crippen MR) is 184 cm³/mol. The summed E-state index contributed by atoms with van der Waals surface area (Å²) in [6.07, 6.45) is 1.49. The third-order valence-corrected chi connectivity index (χ3v) is 7.81. The van der Waals surface area contributed by atoms with Crippen molar-refractivity contribution in [1.82, 2.24) is 0 Å². The van der Waals surface area contributed by atoms with E-state index in [0.29, 0.717) is 30.1 Å². The van der Waals surface area contributed by atoms with Crippen LogP contribution in [0.4, 0.5) is 0 Å². The van der Waals surface area contributed by atoms with E-state index in [1.54, 1.807) is 13.0 Å². The Labute approximate surface area is 279 Å². The second kappa shape index (κ2) is 17.7. The average molecular weight is 655 g/mol. The summed E-state index contributed by atoms with van der Waals surface area (Å²) >= 11 is 1.18. The fraction of sp³-hybridized carbons (Fsp3) is 0.237. The van der Waals surface area contributed by atoms with Gasteiger partial charge in [0.1, 0.15) is 24.7 Å². The lowest BCUT2D eigenvalue weighted by Gasteiger charge is -2.10. The highest BCUT2D eigenvalue weighted by atomic mass is 32.2. The second-order valence-electron chi connectivity index (χ2n) is 10.7. The van der Waals surface area contributed by atoms with Gasteiger partial charge in [-0.05, 0) is 102 Å². The van der Waals surface area contributed by atoms with Gasteiger partial charge in [0.25, 0.3) is 0 Å². The molecule has 0 bridgehead atoms. The van der Waals surface area contributed by atoms with E-state index in [4.69, 9.17) is 23.7 Å². The van der Waals surface area contributed by atoms with E-state index in [0.717, 1.165) is 45.4 Å². The summed E-state index contributed by atoms with van der Waals surface area (Å²) in [4.78, 5) is 37.1. The van der Waals surface area contributed by atoms with Crippen molar-refractivity contribution in [2.75, 3.05) is 40.1 Å². The number of thioether (sulfide) groups is 1. The van der Waals surface area contributed by atoms with E-state index >= 15 is 0 Å². The third kappa shape index (κ3) is 10.9. The van der Waals surface area contributed by atoms with Gasteiger partial charge < -0.3 is 23.7 Å². The van der Waals surface area contributed by atoms with Crippen molar-refractivity contribution < 1.29 is 38.1 Å². The normalized spacial score (nSPS) is 10.7. The highest BCUT2D eigenvalue weighted by molar-refractivity contribution is 8.14. The Morgan fingerprint density at radius 3 is 1.96 bits per heavy atom. The Hall–Kier alpha value is -4.86. The number of esters is 2. The van der Waals surface area contributed by atoms with Crippen LogP contribution in [0.2, 0.25) is 0 Å². The topological polar surface area (TPSA) is 97.4 Å². The van der Waals surface area contributed by atoms with Crippen molar-refractivity contribution in [2.24, 2.45) is 0 Å². The van der Waals surface area contributed by atoms with Crippen LogP contribution in [0.3, 0.4) is 0 Å². The summed E-state index contributed by atoms with van der Waals surface area (Å²) < 4.78 is 26.6. The first-order valence-corrected chi connectivity index (χ1v) is 15.9. The molecule has 0 fully saturated rings. The van der Waals surface area contributed by atoms with Crippen LogP contribution >= 0.6 is 11.8 Å². The van der Waals surface area contributed by atoms with Gasteiger partial charge in [-0.1, -0.05) is 49.6 Å². The molecule has 0 saturated heterocycles.